The molecule has 168 valence electrons. The molecule has 2 atom stereocenters. The molecule has 1 amide bonds. The van der Waals surface area contributed by atoms with Gasteiger partial charge in [-0.3, -0.25) is 9.59 Å². The molecule has 0 aliphatic carbocycles. The first-order valence-corrected chi connectivity index (χ1v) is 10.7. The molecular formula is C22H28BrN3O5. The second-order valence-electron chi connectivity index (χ2n) is 7.34. The number of aliphatic hydroxyl groups is 2. The minimum Gasteiger partial charge on any atom is -0.469 e. The van der Waals surface area contributed by atoms with Crippen molar-refractivity contribution < 1.29 is 24.5 Å². The zero-order valence-corrected chi connectivity index (χ0v) is 19.4. The van der Waals surface area contributed by atoms with Gasteiger partial charge in [0, 0.05) is 19.0 Å². The summed E-state index contributed by atoms with van der Waals surface area (Å²) in [5, 5.41) is 22.9. The molecule has 2 rings (SSSR count). The molecule has 0 aliphatic heterocycles. The highest BCUT2D eigenvalue weighted by Crippen LogP contribution is 2.24. The van der Waals surface area contributed by atoms with Gasteiger partial charge in [0.1, 0.15) is 4.60 Å². The maximum absolute atomic E-state index is 12.8. The molecule has 0 saturated carbocycles. The van der Waals surface area contributed by atoms with E-state index in [0.29, 0.717) is 16.8 Å². The molecule has 0 fully saturated rings. The van der Waals surface area contributed by atoms with Gasteiger partial charge >= 0.3 is 5.97 Å². The molecule has 8 nitrogen and oxygen atoms in total. The maximum atomic E-state index is 12.8. The number of esters is 1. The number of halogens is 1. The predicted molar refractivity (Wildman–Crippen MR) is 120 cm³/mol. The van der Waals surface area contributed by atoms with Crippen LogP contribution in [0.15, 0.2) is 41.0 Å². The minimum atomic E-state index is -1.02. The number of rotatable bonds is 10. The molecule has 31 heavy (non-hydrogen) atoms. The number of benzene rings is 1. The number of hydrogen-bond donors (Lipinski definition) is 3. The molecule has 3 N–H and O–H groups in total. The molecule has 0 bridgehead atoms. The van der Waals surface area contributed by atoms with E-state index >= 15 is 0 Å². The Morgan fingerprint density at radius 2 is 1.94 bits per heavy atom. The first-order chi connectivity index (χ1) is 14.7. The van der Waals surface area contributed by atoms with E-state index in [1.807, 2.05) is 44.2 Å². The van der Waals surface area contributed by atoms with E-state index in [4.69, 9.17) is 0 Å². The Bertz CT molecular complexity index is 911. The van der Waals surface area contributed by atoms with Crippen LogP contribution in [0.5, 0.6) is 0 Å². The normalized spacial score (nSPS) is 13.4. The van der Waals surface area contributed by atoms with Gasteiger partial charge in [-0.25, -0.2) is 4.98 Å². The largest absolute Gasteiger partial charge is 0.469 e. The summed E-state index contributed by atoms with van der Waals surface area (Å²) in [6, 6.07) is 9.51. The lowest BCUT2D eigenvalue weighted by Gasteiger charge is -2.15. The Labute approximate surface area is 190 Å². The molecule has 0 aliphatic rings. The van der Waals surface area contributed by atoms with Crippen LogP contribution in [0.1, 0.15) is 54.6 Å². The summed E-state index contributed by atoms with van der Waals surface area (Å²) >= 11 is 3.39. The number of methoxy groups -OCH3 is 1. The zero-order chi connectivity index (χ0) is 23.0. The highest BCUT2D eigenvalue weighted by molar-refractivity contribution is 9.10. The van der Waals surface area contributed by atoms with E-state index in [9.17, 15) is 19.8 Å². The smallest absolute Gasteiger partial charge is 0.308 e. The van der Waals surface area contributed by atoms with E-state index in [1.54, 1.807) is 10.6 Å². The number of aliphatic hydroxyl groups excluding tert-OH is 2. The van der Waals surface area contributed by atoms with Gasteiger partial charge in [-0.05, 0) is 41.4 Å². The topological polar surface area (TPSA) is 114 Å². The third-order valence-electron chi connectivity index (χ3n) is 4.54. The fraction of sp³-hybridized carbons (Fsp3) is 0.409. The van der Waals surface area contributed by atoms with Gasteiger partial charge < -0.3 is 24.8 Å². The fourth-order valence-electron chi connectivity index (χ4n) is 3.03. The molecule has 0 radical (unpaired) electrons. The first-order valence-electron chi connectivity index (χ1n) is 9.93. The third kappa shape index (κ3) is 7.30. The predicted octanol–water partition coefficient (Wildman–Crippen LogP) is 2.84. The highest BCUT2D eigenvalue weighted by Gasteiger charge is 2.22. The third-order valence-corrected chi connectivity index (χ3v) is 5.12. The van der Waals surface area contributed by atoms with Crippen LogP contribution < -0.4 is 5.32 Å². The Morgan fingerprint density at radius 3 is 2.55 bits per heavy atom. The lowest BCUT2D eigenvalue weighted by atomic mass is 10.1. The van der Waals surface area contributed by atoms with E-state index in [1.165, 1.54) is 13.2 Å². The summed E-state index contributed by atoms with van der Waals surface area (Å²) in [5.74, 6) is -0.611. The Hall–Kier alpha value is -2.49. The lowest BCUT2D eigenvalue weighted by molar-refractivity contribution is -0.143. The molecule has 0 unspecified atom stereocenters. The Kier molecular flexibility index (Phi) is 9.42. The zero-order valence-electron chi connectivity index (χ0n) is 17.8. The number of hydrogen-bond acceptors (Lipinski definition) is 6. The second-order valence-corrected chi connectivity index (χ2v) is 8.09. The number of carbonyl (C=O) groups excluding carboxylic acids is 2. The number of imidazole rings is 1. The van der Waals surface area contributed by atoms with Crippen molar-refractivity contribution in [3.63, 3.8) is 0 Å². The van der Waals surface area contributed by atoms with Crippen LogP contribution in [0.3, 0.4) is 0 Å². The van der Waals surface area contributed by atoms with Gasteiger partial charge in [0.05, 0.1) is 31.4 Å². The SMILES string of the molecule is COC(=O)C[C@H](O)C[C@H](O)C=Cc1c(Br)nc(C(=O)NCc2ccccc2)n1C(C)C. The lowest BCUT2D eigenvalue weighted by Crippen LogP contribution is -2.27. The summed E-state index contributed by atoms with van der Waals surface area (Å²) in [6.45, 7) is 4.23. The number of nitrogens with zero attached hydrogens (tertiary/aromatic N) is 2. The van der Waals surface area contributed by atoms with Crippen LogP contribution in [-0.4, -0.2) is 51.0 Å². The van der Waals surface area contributed by atoms with Gasteiger partial charge in [0.25, 0.3) is 5.91 Å². The van der Waals surface area contributed by atoms with Crippen molar-refractivity contribution >= 4 is 33.9 Å². The molecule has 2 aromatic rings. The van der Waals surface area contributed by atoms with Crippen LogP contribution in [0.4, 0.5) is 0 Å². The molecule has 9 heteroatoms. The van der Waals surface area contributed by atoms with Gasteiger partial charge in [-0.1, -0.05) is 36.4 Å². The van der Waals surface area contributed by atoms with Crippen LogP contribution in [0.25, 0.3) is 6.08 Å². The molecule has 1 aromatic heterocycles. The van der Waals surface area contributed by atoms with Crippen LogP contribution >= 0.6 is 15.9 Å². The summed E-state index contributed by atoms with van der Waals surface area (Å²) in [4.78, 5) is 28.3. The minimum absolute atomic E-state index is 0.0244. The number of ether oxygens (including phenoxy) is 1. The van der Waals surface area contributed by atoms with Crippen molar-refractivity contribution in [2.24, 2.45) is 0 Å². The number of aromatic nitrogens is 2. The van der Waals surface area contributed by atoms with Crippen LogP contribution in [-0.2, 0) is 16.1 Å². The van der Waals surface area contributed by atoms with Crippen molar-refractivity contribution in [1.82, 2.24) is 14.9 Å². The quantitative estimate of drug-likeness (QED) is 0.438. The molecular weight excluding hydrogens is 466 g/mol. The van der Waals surface area contributed by atoms with Crippen LogP contribution in [0, 0.1) is 0 Å². The van der Waals surface area contributed by atoms with E-state index in [2.05, 4.69) is 31.0 Å². The van der Waals surface area contributed by atoms with Gasteiger partial charge in [0.2, 0.25) is 5.82 Å². The van der Waals surface area contributed by atoms with Gasteiger partial charge in [-0.2, -0.15) is 0 Å². The van der Waals surface area contributed by atoms with Crippen molar-refractivity contribution in [3.05, 3.63) is 58.1 Å². The summed E-state index contributed by atoms with van der Waals surface area (Å²) in [7, 11) is 1.24. The first kappa shape index (κ1) is 24.8. The van der Waals surface area contributed by atoms with Crippen LogP contribution in [0.2, 0.25) is 0 Å². The van der Waals surface area contributed by atoms with Crippen molar-refractivity contribution in [2.45, 2.75) is 51.5 Å². The molecule has 0 saturated heterocycles. The molecule has 1 aromatic carbocycles. The second kappa shape index (κ2) is 11.8. The van der Waals surface area contributed by atoms with Crippen molar-refractivity contribution in [1.29, 1.82) is 0 Å². The fourth-order valence-corrected chi connectivity index (χ4v) is 3.52. The average molecular weight is 494 g/mol. The van der Waals surface area contributed by atoms with Crippen molar-refractivity contribution in [3.8, 4) is 0 Å². The van der Waals surface area contributed by atoms with Crippen molar-refractivity contribution in [2.75, 3.05) is 7.11 Å². The van der Waals surface area contributed by atoms with E-state index < -0.39 is 18.2 Å². The molecule has 1 heterocycles. The number of nitrogens with one attached hydrogen (secondary N) is 1. The van der Waals surface area contributed by atoms with E-state index in [-0.39, 0.29) is 30.6 Å². The Morgan fingerprint density at radius 1 is 1.26 bits per heavy atom. The monoisotopic (exact) mass is 493 g/mol. The summed E-state index contributed by atoms with van der Waals surface area (Å²) in [6.07, 6.45) is 0.903. The number of carbonyl (C=O) groups is 2. The Balaban J connectivity index is 2.13. The highest BCUT2D eigenvalue weighted by atomic mass is 79.9. The summed E-state index contributed by atoms with van der Waals surface area (Å²) < 4.78 is 6.73. The van der Waals surface area contributed by atoms with Gasteiger partial charge in [-0.15, -0.1) is 0 Å². The maximum Gasteiger partial charge on any atom is 0.308 e. The standard InChI is InChI=1S/C22H28BrN3O5/c1-14(2)26-18(10-9-16(27)11-17(28)12-19(29)31-3)20(23)25-21(26)22(30)24-13-15-7-5-4-6-8-15/h4-10,14,16-17,27-28H,11-13H2,1-3H3,(H,24,30)/t16-,17-/m1/s1. The number of amides is 1. The van der Waals surface area contributed by atoms with E-state index in [0.717, 1.165) is 5.56 Å². The molecule has 0 spiro atoms. The van der Waals surface area contributed by atoms with Gasteiger partial charge in [0.15, 0.2) is 0 Å². The average Bonchev–Trinajstić information content (AvgIpc) is 3.07. The summed E-state index contributed by atoms with van der Waals surface area (Å²) in [5.41, 5.74) is 1.59.